The Morgan fingerprint density at radius 3 is 1.85 bits per heavy atom. The Bertz CT molecular complexity index is 1830. The van der Waals surface area contributed by atoms with Gasteiger partial charge in [-0.15, -0.1) is 0 Å². The highest BCUT2D eigenvalue weighted by molar-refractivity contribution is 6.20. The zero-order valence-electron chi connectivity index (χ0n) is 28.5. The molecule has 1 aromatic heterocycles. The summed E-state index contributed by atoms with van der Waals surface area (Å²) in [5.74, 6) is 0.254. The maximum absolute atomic E-state index is 14.7. The molecule has 0 saturated heterocycles. The van der Waals surface area contributed by atoms with Crippen LogP contribution in [0.25, 0.3) is 10.9 Å². The van der Waals surface area contributed by atoms with E-state index in [-0.39, 0.29) is 12.2 Å². The third-order valence-corrected chi connectivity index (χ3v) is 8.71. The second kappa shape index (κ2) is 14.7. The molecule has 0 aliphatic rings. The molecule has 0 fully saturated rings. The average molecular weight is 630 g/mol. The summed E-state index contributed by atoms with van der Waals surface area (Å²) in [5.41, 5.74) is 8.51. The summed E-state index contributed by atoms with van der Waals surface area (Å²) in [6.07, 6.45) is 4.49. The maximum Gasteiger partial charge on any atom is 0.303 e. The van der Waals surface area contributed by atoms with E-state index in [1.807, 2.05) is 54.2 Å². The number of para-hydroxylation sites is 2. The second-order valence-corrected chi connectivity index (χ2v) is 13.4. The molecule has 1 N–H and O–H groups in total. The number of anilines is 4. The van der Waals surface area contributed by atoms with Crippen LogP contribution in [-0.4, -0.2) is 35.5 Å². The lowest BCUT2D eigenvalue weighted by atomic mass is 9.98. The molecule has 5 rings (SSSR count). The number of ketones is 1. The summed E-state index contributed by atoms with van der Waals surface area (Å²) < 4.78 is 2.01. The highest BCUT2D eigenvalue weighted by atomic mass is 16.4. The van der Waals surface area contributed by atoms with Crippen LogP contribution in [0.5, 0.6) is 0 Å². The minimum atomic E-state index is -0.821. The number of hydrogen-bond acceptors (Lipinski definition) is 4. The van der Waals surface area contributed by atoms with Crippen LogP contribution >= 0.6 is 0 Å². The second-order valence-electron chi connectivity index (χ2n) is 13.4. The lowest BCUT2D eigenvalue weighted by molar-refractivity contribution is -0.137. The summed E-state index contributed by atoms with van der Waals surface area (Å²) >= 11 is 0. The first kappa shape index (κ1) is 33.5. The molecule has 6 heteroatoms. The summed E-state index contributed by atoms with van der Waals surface area (Å²) in [6, 6.07) is 31.1. The van der Waals surface area contributed by atoms with E-state index in [2.05, 4.69) is 99.1 Å². The van der Waals surface area contributed by atoms with Crippen molar-refractivity contribution in [3.63, 3.8) is 0 Å². The van der Waals surface area contributed by atoms with Crippen LogP contribution in [0.1, 0.15) is 67.6 Å². The van der Waals surface area contributed by atoms with Crippen LogP contribution in [0, 0.1) is 11.8 Å². The van der Waals surface area contributed by atoms with Crippen molar-refractivity contribution >= 4 is 45.4 Å². The fraction of sp³-hybridized carbons (Fsp3) is 0.317. The molecule has 0 atom stereocenters. The van der Waals surface area contributed by atoms with Crippen LogP contribution in [0.2, 0.25) is 0 Å². The van der Waals surface area contributed by atoms with Crippen LogP contribution < -0.4 is 9.80 Å². The zero-order valence-corrected chi connectivity index (χ0v) is 28.5. The number of aliphatic carboxylic acids is 1. The first-order valence-electron chi connectivity index (χ1n) is 16.7. The van der Waals surface area contributed by atoms with Gasteiger partial charge in [0.25, 0.3) is 0 Å². The third kappa shape index (κ3) is 7.76. The fourth-order valence-electron chi connectivity index (χ4n) is 6.42. The Hall–Kier alpha value is -4.84. The third-order valence-electron chi connectivity index (χ3n) is 8.71. The predicted molar refractivity (Wildman–Crippen MR) is 195 cm³/mol. The Morgan fingerprint density at radius 1 is 0.702 bits per heavy atom. The van der Waals surface area contributed by atoms with Gasteiger partial charge in [0.2, 0.25) is 0 Å². The summed E-state index contributed by atoms with van der Waals surface area (Å²) in [4.78, 5) is 30.2. The Balaban J connectivity index is 1.61. The van der Waals surface area contributed by atoms with Crippen LogP contribution in [0.4, 0.5) is 22.7 Å². The molecule has 5 aromatic rings. The summed E-state index contributed by atoms with van der Waals surface area (Å²) in [6.45, 7) is 9.43. The number of benzene rings is 4. The first-order valence-corrected chi connectivity index (χ1v) is 16.7. The number of carbonyl (C=O) groups is 2. The van der Waals surface area contributed by atoms with Gasteiger partial charge in [-0.05, 0) is 84.7 Å². The number of carbonyl (C=O) groups excluding carboxylic acids is 1. The van der Waals surface area contributed by atoms with Gasteiger partial charge in [0.1, 0.15) is 0 Å². The van der Waals surface area contributed by atoms with Crippen LogP contribution in [-0.2, 0) is 24.2 Å². The van der Waals surface area contributed by atoms with Crippen LogP contribution in [0.3, 0.4) is 0 Å². The highest BCUT2D eigenvalue weighted by Gasteiger charge is 2.25. The molecule has 0 unspecified atom stereocenters. The molecule has 244 valence electrons. The van der Waals surface area contributed by atoms with Gasteiger partial charge in [0.15, 0.2) is 5.78 Å². The minimum absolute atomic E-state index is 0.0704. The van der Waals surface area contributed by atoms with E-state index in [0.29, 0.717) is 35.9 Å². The van der Waals surface area contributed by atoms with Crippen molar-refractivity contribution in [3.8, 4) is 0 Å². The molecule has 1 heterocycles. The van der Waals surface area contributed by atoms with E-state index in [0.717, 1.165) is 46.5 Å². The van der Waals surface area contributed by atoms with Gasteiger partial charge in [0, 0.05) is 66.7 Å². The molecular weight excluding hydrogens is 582 g/mol. The Labute approximate surface area is 279 Å². The molecule has 0 aliphatic heterocycles. The van der Waals surface area contributed by atoms with Crippen molar-refractivity contribution in [2.75, 3.05) is 23.9 Å². The number of carboxylic acid groups (broad SMARTS) is 1. The van der Waals surface area contributed by atoms with E-state index < -0.39 is 5.97 Å². The van der Waals surface area contributed by atoms with E-state index in [9.17, 15) is 14.7 Å². The van der Waals surface area contributed by atoms with E-state index in [1.54, 1.807) is 0 Å². The van der Waals surface area contributed by atoms with Crippen molar-refractivity contribution in [2.24, 2.45) is 11.8 Å². The largest absolute Gasteiger partial charge is 0.481 e. The number of aryl methyl sites for hydroxylation is 1. The highest BCUT2D eigenvalue weighted by Crippen LogP contribution is 2.41. The molecule has 47 heavy (non-hydrogen) atoms. The van der Waals surface area contributed by atoms with Crippen molar-refractivity contribution in [1.82, 2.24) is 4.57 Å². The van der Waals surface area contributed by atoms with E-state index in [1.165, 1.54) is 11.1 Å². The predicted octanol–water partition coefficient (Wildman–Crippen LogP) is 9.67. The smallest absolute Gasteiger partial charge is 0.303 e. The summed E-state index contributed by atoms with van der Waals surface area (Å²) in [5, 5.41) is 10.1. The topological polar surface area (TPSA) is 65.8 Å². The number of nitrogens with zero attached hydrogens (tertiary/aromatic N) is 3. The zero-order chi connectivity index (χ0) is 33.7. The SMILES string of the molecule is CC(C)Cc1ccc(N(C)c2cccc(C(=O)c3cn(CCCC(=O)O)c4ccccc34)c2N(C)c2ccc(CC(C)C)cc2)cc1. The quantitative estimate of drug-likeness (QED) is 0.124. The van der Waals surface area contributed by atoms with Gasteiger partial charge in [0.05, 0.1) is 11.4 Å². The lowest BCUT2D eigenvalue weighted by Crippen LogP contribution is -2.20. The number of aromatic nitrogens is 1. The number of fused-ring (bicyclic) bond motifs is 1. The molecule has 0 radical (unpaired) electrons. The van der Waals surface area contributed by atoms with Gasteiger partial charge in [-0.3, -0.25) is 9.59 Å². The molecule has 0 bridgehead atoms. The first-order chi connectivity index (χ1) is 22.5. The molecule has 0 saturated carbocycles. The summed E-state index contributed by atoms with van der Waals surface area (Å²) in [7, 11) is 4.08. The van der Waals surface area contributed by atoms with Crippen molar-refractivity contribution in [2.45, 2.75) is 59.9 Å². The van der Waals surface area contributed by atoms with Crippen molar-refractivity contribution < 1.29 is 14.7 Å². The molecule has 0 aliphatic carbocycles. The Kier molecular flexibility index (Phi) is 10.5. The van der Waals surface area contributed by atoms with Gasteiger partial charge < -0.3 is 19.5 Å². The lowest BCUT2D eigenvalue weighted by Gasteiger charge is -2.30. The molecule has 6 nitrogen and oxygen atoms in total. The molecule has 0 amide bonds. The molecule has 0 spiro atoms. The minimum Gasteiger partial charge on any atom is -0.481 e. The maximum atomic E-state index is 14.7. The van der Waals surface area contributed by atoms with Crippen LogP contribution in [0.15, 0.2) is 97.2 Å². The van der Waals surface area contributed by atoms with Crippen molar-refractivity contribution in [1.29, 1.82) is 0 Å². The number of hydrogen-bond donors (Lipinski definition) is 1. The molecular formula is C41H47N3O3. The molecule has 4 aromatic carbocycles. The van der Waals surface area contributed by atoms with Gasteiger partial charge in [-0.1, -0.05) is 76.2 Å². The van der Waals surface area contributed by atoms with Crippen molar-refractivity contribution in [3.05, 3.63) is 119 Å². The fourth-order valence-corrected chi connectivity index (χ4v) is 6.42. The number of carboxylic acids is 1. The van der Waals surface area contributed by atoms with Gasteiger partial charge in [-0.2, -0.15) is 0 Å². The van der Waals surface area contributed by atoms with Gasteiger partial charge in [-0.25, -0.2) is 0 Å². The Morgan fingerprint density at radius 2 is 1.28 bits per heavy atom. The standard InChI is InChI=1S/C41H47N3O3/c1-28(2)25-30-16-20-32(21-17-30)42(5)38-14-9-12-35(40(38)43(6)33-22-18-31(19-23-33)26-29(3)4)41(47)36-27-44(24-10-15-39(45)46)37-13-8-7-11-34(36)37/h7-9,11-14,16-23,27-29H,10,15,24-26H2,1-6H3,(H,45,46). The number of rotatable bonds is 14. The van der Waals surface area contributed by atoms with Gasteiger partial charge >= 0.3 is 5.97 Å². The van der Waals surface area contributed by atoms with E-state index in [4.69, 9.17) is 0 Å². The monoisotopic (exact) mass is 629 g/mol. The normalized spacial score (nSPS) is 11.4. The average Bonchev–Trinajstić information content (AvgIpc) is 3.42. The van der Waals surface area contributed by atoms with E-state index >= 15 is 0 Å².